The summed E-state index contributed by atoms with van der Waals surface area (Å²) in [5, 5.41) is 2.62. The van der Waals surface area contributed by atoms with Crippen LogP contribution >= 0.6 is 11.3 Å². The summed E-state index contributed by atoms with van der Waals surface area (Å²) in [6, 6.07) is 0. The summed E-state index contributed by atoms with van der Waals surface area (Å²) < 4.78 is 4.91. The van der Waals surface area contributed by atoms with Crippen LogP contribution in [0.5, 0.6) is 0 Å². The van der Waals surface area contributed by atoms with E-state index in [0.717, 1.165) is 18.1 Å². The van der Waals surface area contributed by atoms with Gasteiger partial charge in [0.25, 0.3) is 0 Å². The summed E-state index contributed by atoms with van der Waals surface area (Å²) in [5.41, 5.74) is 0.405. The fraction of sp³-hybridized carbons (Fsp3) is 0.667. The van der Waals surface area contributed by atoms with Crippen LogP contribution in [0.3, 0.4) is 0 Å². The summed E-state index contributed by atoms with van der Waals surface area (Å²) >= 11 is 1.48. The maximum absolute atomic E-state index is 11.5. The Labute approximate surface area is 107 Å². The minimum atomic E-state index is -0.341. The van der Waals surface area contributed by atoms with Crippen LogP contribution in [0.15, 0.2) is 5.38 Å². The Morgan fingerprint density at radius 2 is 2.29 bits per heavy atom. The van der Waals surface area contributed by atoms with Gasteiger partial charge in [-0.1, -0.05) is 20.3 Å². The predicted octanol–water partition coefficient (Wildman–Crippen LogP) is 2.80. The predicted molar refractivity (Wildman–Crippen MR) is 70.8 cm³/mol. The number of esters is 1. The first-order valence-electron chi connectivity index (χ1n) is 5.92. The Hall–Kier alpha value is -1.10. The van der Waals surface area contributed by atoms with Gasteiger partial charge in [-0.25, -0.2) is 9.78 Å². The van der Waals surface area contributed by atoms with Crippen LogP contribution < -0.4 is 4.90 Å². The molecule has 17 heavy (non-hydrogen) atoms. The van der Waals surface area contributed by atoms with Crippen molar-refractivity contribution in [3.8, 4) is 0 Å². The number of rotatable bonds is 6. The fourth-order valence-corrected chi connectivity index (χ4v) is 2.18. The minimum Gasteiger partial charge on any atom is -0.461 e. The number of carbonyl (C=O) groups is 1. The molecule has 0 bridgehead atoms. The van der Waals surface area contributed by atoms with E-state index in [4.69, 9.17) is 4.74 Å². The molecule has 1 aromatic rings. The molecule has 4 nitrogen and oxygen atoms in total. The minimum absolute atomic E-state index is 0.341. The second-order valence-electron chi connectivity index (χ2n) is 4.13. The van der Waals surface area contributed by atoms with Gasteiger partial charge >= 0.3 is 5.97 Å². The van der Waals surface area contributed by atoms with E-state index >= 15 is 0 Å². The number of carbonyl (C=O) groups excluding carboxylic acids is 1. The highest BCUT2D eigenvalue weighted by molar-refractivity contribution is 7.13. The second kappa shape index (κ2) is 6.59. The van der Waals surface area contributed by atoms with Gasteiger partial charge in [0.1, 0.15) is 0 Å². The van der Waals surface area contributed by atoms with E-state index in [2.05, 4.69) is 23.7 Å². The Bertz CT molecular complexity index is 365. The molecule has 0 saturated carbocycles. The molecular weight excluding hydrogens is 236 g/mol. The number of nitrogens with zero attached hydrogens (tertiary/aromatic N) is 2. The molecule has 0 amide bonds. The van der Waals surface area contributed by atoms with Crippen molar-refractivity contribution in [2.75, 3.05) is 25.1 Å². The Morgan fingerprint density at radius 3 is 2.88 bits per heavy atom. The van der Waals surface area contributed by atoms with Crippen molar-refractivity contribution < 1.29 is 9.53 Å². The molecule has 0 saturated heterocycles. The van der Waals surface area contributed by atoms with E-state index in [9.17, 15) is 4.79 Å². The Morgan fingerprint density at radius 1 is 1.59 bits per heavy atom. The van der Waals surface area contributed by atoms with Crippen molar-refractivity contribution in [3.63, 3.8) is 0 Å². The van der Waals surface area contributed by atoms with Gasteiger partial charge in [0.15, 0.2) is 10.8 Å². The molecule has 0 aliphatic rings. The van der Waals surface area contributed by atoms with Crippen LogP contribution in [-0.2, 0) is 4.74 Å². The molecule has 0 fully saturated rings. The highest BCUT2D eigenvalue weighted by Gasteiger charge is 2.14. The number of ether oxygens (including phenoxy) is 1. The molecule has 1 atom stereocenters. The van der Waals surface area contributed by atoms with E-state index in [1.807, 2.05) is 7.05 Å². The molecule has 1 rings (SSSR count). The van der Waals surface area contributed by atoms with E-state index in [0.29, 0.717) is 18.2 Å². The van der Waals surface area contributed by atoms with Crippen LogP contribution in [0, 0.1) is 5.92 Å². The smallest absolute Gasteiger partial charge is 0.357 e. The van der Waals surface area contributed by atoms with Gasteiger partial charge in [0.2, 0.25) is 0 Å². The van der Waals surface area contributed by atoms with Gasteiger partial charge in [-0.3, -0.25) is 0 Å². The lowest BCUT2D eigenvalue weighted by molar-refractivity contribution is 0.0520. The number of aromatic nitrogens is 1. The molecule has 5 heteroatoms. The molecule has 1 unspecified atom stereocenters. The third kappa shape index (κ3) is 4.00. The molecular formula is C12H20N2O2S. The normalized spacial score (nSPS) is 12.2. The maximum Gasteiger partial charge on any atom is 0.357 e. The molecule has 0 spiro atoms. The van der Waals surface area contributed by atoms with Crippen LogP contribution in [-0.4, -0.2) is 31.2 Å². The van der Waals surface area contributed by atoms with Crippen molar-refractivity contribution in [1.29, 1.82) is 0 Å². The summed E-state index contributed by atoms with van der Waals surface area (Å²) in [7, 11) is 2.00. The van der Waals surface area contributed by atoms with E-state index in [1.165, 1.54) is 11.3 Å². The molecule has 0 aromatic carbocycles. The lowest BCUT2D eigenvalue weighted by Gasteiger charge is -2.19. The van der Waals surface area contributed by atoms with Crippen molar-refractivity contribution in [2.24, 2.45) is 5.92 Å². The Kier molecular flexibility index (Phi) is 5.41. The third-order valence-corrected chi connectivity index (χ3v) is 3.54. The van der Waals surface area contributed by atoms with Crippen molar-refractivity contribution in [1.82, 2.24) is 4.98 Å². The van der Waals surface area contributed by atoms with E-state index in [1.54, 1.807) is 12.3 Å². The van der Waals surface area contributed by atoms with Crippen LogP contribution in [0.4, 0.5) is 5.13 Å². The number of anilines is 1. The zero-order chi connectivity index (χ0) is 12.8. The maximum atomic E-state index is 11.5. The van der Waals surface area contributed by atoms with E-state index in [-0.39, 0.29) is 5.97 Å². The number of thiazole rings is 1. The van der Waals surface area contributed by atoms with Gasteiger partial charge in [0.05, 0.1) is 6.61 Å². The van der Waals surface area contributed by atoms with Gasteiger partial charge in [-0.2, -0.15) is 0 Å². The Balaban J connectivity index is 2.64. The van der Waals surface area contributed by atoms with Gasteiger partial charge in [-0.15, -0.1) is 11.3 Å². The number of hydrogen-bond donors (Lipinski definition) is 0. The van der Waals surface area contributed by atoms with Crippen molar-refractivity contribution >= 4 is 22.4 Å². The standard InChI is InChI=1S/C12H20N2O2S/c1-5-9(3)7-14(4)12-13-10(8-17-12)11(15)16-6-2/h8-9H,5-7H2,1-4H3. The lowest BCUT2D eigenvalue weighted by atomic mass is 10.1. The van der Waals surface area contributed by atoms with Crippen molar-refractivity contribution in [3.05, 3.63) is 11.1 Å². The molecule has 0 N–H and O–H groups in total. The van der Waals surface area contributed by atoms with Gasteiger partial charge in [-0.05, 0) is 12.8 Å². The monoisotopic (exact) mass is 256 g/mol. The molecule has 0 aliphatic heterocycles. The van der Waals surface area contributed by atoms with Crippen LogP contribution in [0.2, 0.25) is 0 Å². The first kappa shape index (κ1) is 14.0. The van der Waals surface area contributed by atoms with Crippen LogP contribution in [0.25, 0.3) is 0 Å². The van der Waals surface area contributed by atoms with Gasteiger partial charge in [0, 0.05) is 19.0 Å². The summed E-state index contributed by atoms with van der Waals surface area (Å²) in [4.78, 5) is 17.8. The summed E-state index contributed by atoms with van der Waals surface area (Å²) in [6.45, 7) is 7.50. The third-order valence-electron chi connectivity index (χ3n) is 2.59. The molecule has 0 radical (unpaired) electrons. The lowest BCUT2D eigenvalue weighted by Crippen LogP contribution is -2.23. The first-order chi connectivity index (χ1) is 8.08. The van der Waals surface area contributed by atoms with Crippen LogP contribution in [0.1, 0.15) is 37.7 Å². The largest absolute Gasteiger partial charge is 0.461 e. The second-order valence-corrected chi connectivity index (χ2v) is 4.97. The van der Waals surface area contributed by atoms with Crippen molar-refractivity contribution in [2.45, 2.75) is 27.2 Å². The zero-order valence-corrected chi connectivity index (χ0v) is 11.7. The highest BCUT2D eigenvalue weighted by atomic mass is 32.1. The summed E-state index contributed by atoms with van der Waals surface area (Å²) in [6.07, 6.45) is 1.14. The summed E-state index contributed by atoms with van der Waals surface area (Å²) in [5.74, 6) is 0.280. The highest BCUT2D eigenvalue weighted by Crippen LogP contribution is 2.21. The average molecular weight is 256 g/mol. The number of hydrogen-bond acceptors (Lipinski definition) is 5. The quantitative estimate of drug-likeness (QED) is 0.734. The molecule has 96 valence electrons. The SMILES string of the molecule is CCOC(=O)c1csc(N(C)CC(C)CC)n1. The first-order valence-corrected chi connectivity index (χ1v) is 6.80. The molecule has 1 heterocycles. The fourth-order valence-electron chi connectivity index (χ4n) is 1.41. The van der Waals surface area contributed by atoms with E-state index < -0.39 is 0 Å². The van der Waals surface area contributed by atoms with Gasteiger partial charge < -0.3 is 9.64 Å². The molecule has 0 aliphatic carbocycles. The topological polar surface area (TPSA) is 42.4 Å². The average Bonchev–Trinajstić information content (AvgIpc) is 2.78. The zero-order valence-electron chi connectivity index (χ0n) is 10.9. The molecule has 1 aromatic heterocycles.